The first-order valence-corrected chi connectivity index (χ1v) is 8.25. The summed E-state index contributed by atoms with van der Waals surface area (Å²) in [6, 6.07) is 9.90. The molecule has 1 fully saturated rings. The Kier molecular flexibility index (Phi) is 4.29. The Morgan fingerprint density at radius 1 is 1.24 bits per heavy atom. The zero-order valence-corrected chi connectivity index (χ0v) is 12.9. The van der Waals surface area contributed by atoms with Gasteiger partial charge in [-0.15, -0.1) is 10.2 Å². The molecule has 0 spiro atoms. The predicted octanol–water partition coefficient (Wildman–Crippen LogP) is 3.69. The van der Waals surface area contributed by atoms with Crippen LogP contribution in [0.5, 0.6) is 0 Å². The summed E-state index contributed by atoms with van der Waals surface area (Å²) < 4.78 is 0. The number of rotatable bonds is 4. The minimum absolute atomic E-state index is 0.0301. The van der Waals surface area contributed by atoms with E-state index in [9.17, 15) is 4.79 Å². The smallest absolute Gasteiger partial charge is 0.282 e. The number of nitrogens with one attached hydrogen (secondary N) is 1. The van der Waals surface area contributed by atoms with Crippen LogP contribution in [0, 0.1) is 0 Å². The molecule has 0 saturated heterocycles. The molecule has 0 radical (unpaired) electrons. The summed E-state index contributed by atoms with van der Waals surface area (Å²) in [6.45, 7) is 1.98. The van der Waals surface area contributed by atoms with Crippen LogP contribution in [0.4, 0.5) is 0 Å². The maximum absolute atomic E-state index is 12.3. The predicted molar refractivity (Wildman–Crippen MR) is 83.4 cm³/mol. The third-order valence-electron chi connectivity index (χ3n) is 3.99. The molecule has 1 amide bonds. The molecule has 2 aromatic rings. The van der Waals surface area contributed by atoms with Crippen molar-refractivity contribution < 1.29 is 4.79 Å². The van der Waals surface area contributed by atoms with Crippen LogP contribution < -0.4 is 5.32 Å². The van der Waals surface area contributed by atoms with E-state index < -0.39 is 0 Å². The Bertz CT molecular complexity index is 605. The van der Waals surface area contributed by atoms with E-state index in [1.165, 1.54) is 37.0 Å². The summed E-state index contributed by atoms with van der Waals surface area (Å²) in [5.74, 6) is 0.378. The molecule has 1 N–H and O–H groups in total. The van der Waals surface area contributed by atoms with Gasteiger partial charge in [0.15, 0.2) is 0 Å². The van der Waals surface area contributed by atoms with Crippen molar-refractivity contribution in [3.63, 3.8) is 0 Å². The number of carbonyl (C=O) groups is 1. The van der Waals surface area contributed by atoms with Crippen LogP contribution in [0.25, 0.3) is 0 Å². The number of aromatic nitrogens is 2. The summed E-state index contributed by atoms with van der Waals surface area (Å²) in [7, 11) is 0. The van der Waals surface area contributed by atoms with Crippen molar-refractivity contribution in [3.8, 4) is 0 Å². The Labute approximate surface area is 128 Å². The average molecular weight is 301 g/mol. The number of benzene rings is 1. The first-order valence-electron chi connectivity index (χ1n) is 7.43. The van der Waals surface area contributed by atoms with Gasteiger partial charge in [0.2, 0.25) is 5.01 Å². The Morgan fingerprint density at radius 3 is 2.67 bits per heavy atom. The maximum Gasteiger partial charge on any atom is 0.282 e. The first-order chi connectivity index (χ1) is 10.2. The molecule has 1 aromatic heterocycles. The van der Waals surface area contributed by atoms with Crippen molar-refractivity contribution >= 4 is 17.2 Å². The number of nitrogens with zero attached hydrogens (tertiary/aromatic N) is 2. The van der Waals surface area contributed by atoms with Crippen LogP contribution in [0.1, 0.15) is 64.9 Å². The highest BCUT2D eigenvalue weighted by Crippen LogP contribution is 2.35. The fraction of sp³-hybridized carbons (Fsp3) is 0.438. The molecule has 4 nitrogen and oxygen atoms in total. The monoisotopic (exact) mass is 301 g/mol. The van der Waals surface area contributed by atoms with E-state index in [0.29, 0.717) is 10.9 Å². The van der Waals surface area contributed by atoms with Gasteiger partial charge in [0.1, 0.15) is 5.01 Å². The van der Waals surface area contributed by atoms with Crippen LogP contribution in [0.3, 0.4) is 0 Å². The van der Waals surface area contributed by atoms with Gasteiger partial charge in [-0.1, -0.05) is 54.5 Å². The molecule has 21 heavy (non-hydrogen) atoms. The quantitative estimate of drug-likeness (QED) is 0.937. The summed E-state index contributed by atoms with van der Waals surface area (Å²) in [5, 5.41) is 12.7. The molecule has 1 aliphatic carbocycles. The number of amides is 1. The number of carbonyl (C=O) groups excluding carboxylic acids is 1. The summed E-state index contributed by atoms with van der Waals surface area (Å²) >= 11 is 1.44. The fourth-order valence-electron chi connectivity index (χ4n) is 2.75. The second kappa shape index (κ2) is 6.35. The van der Waals surface area contributed by atoms with E-state index in [0.717, 1.165) is 10.6 Å². The van der Waals surface area contributed by atoms with Crippen LogP contribution in [-0.4, -0.2) is 16.1 Å². The Morgan fingerprint density at radius 2 is 1.95 bits per heavy atom. The largest absolute Gasteiger partial charge is 0.343 e. The van der Waals surface area contributed by atoms with Gasteiger partial charge < -0.3 is 5.32 Å². The molecule has 5 heteroatoms. The van der Waals surface area contributed by atoms with Crippen molar-refractivity contribution in [1.82, 2.24) is 15.5 Å². The topological polar surface area (TPSA) is 54.9 Å². The highest BCUT2D eigenvalue weighted by molar-refractivity contribution is 7.13. The van der Waals surface area contributed by atoms with Crippen LogP contribution >= 0.6 is 11.3 Å². The lowest BCUT2D eigenvalue weighted by atomic mass is 10.1. The molecule has 1 aromatic carbocycles. The van der Waals surface area contributed by atoms with Crippen LogP contribution in [-0.2, 0) is 0 Å². The van der Waals surface area contributed by atoms with Crippen molar-refractivity contribution in [1.29, 1.82) is 0 Å². The molecule has 0 aliphatic heterocycles. The van der Waals surface area contributed by atoms with Crippen LogP contribution in [0.2, 0.25) is 0 Å². The van der Waals surface area contributed by atoms with E-state index in [1.807, 2.05) is 37.3 Å². The van der Waals surface area contributed by atoms with Gasteiger partial charge in [-0.2, -0.15) is 0 Å². The third kappa shape index (κ3) is 3.29. The minimum Gasteiger partial charge on any atom is -0.343 e. The van der Waals surface area contributed by atoms with Gasteiger partial charge >= 0.3 is 0 Å². The zero-order chi connectivity index (χ0) is 14.7. The van der Waals surface area contributed by atoms with E-state index in [4.69, 9.17) is 0 Å². The molecule has 0 unspecified atom stereocenters. The lowest BCUT2D eigenvalue weighted by Crippen LogP contribution is -2.26. The second-order valence-corrected chi connectivity index (χ2v) is 6.54. The highest BCUT2D eigenvalue weighted by Gasteiger charge is 2.23. The Hall–Kier alpha value is -1.75. The summed E-state index contributed by atoms with van der Waals surface area (Å²) in [4.78, 5) is 12.3. The third-order valence-corrected chi connectivity index (χ3v) is 5.07. The molecule has 1 heterocycles. The van der Waals surface area contributed by atoms with E-state index in [2.05, 4.69) is 15.5 Å². The normalized spacial score (nSPS) is 16.8. The molecule has 0 bridgehead atoms. The van der Waals surface area contributed by atoms with Gasteiger partial charge in [-0.25, -0.2) is 0 Å². The lowest BCUT2D eigenvalue weighted by molar-refractivity contribution is 0.0939. The fourth-order valence-corrected chi connectivity index (χ4v) is 3.66. The Balaban J connectivity index is 1.65. The minimum atomic E-state index is -0.131. The van der Waals surface area contributed by atoms with Crippen molar-refractivity contribution in [2.75, 3.05) is 0 Å². The van der Waals surface area contributed by atoms with E-state index in [1.54, 1.807) is 0 Å². The van der Waals surface area contributed by atoms with Gasteiger partial charge in [0, 0.05) is 5.92 Å². The van der Waals surface area contributed by atoms with Crippen molar-refractivity contribution in [2.24, 2.45) is 0 Å². The van der Waals surface area contributed by atoms with E-state index in [-0.39, 0.29) is 11.9 Å². The molecule has 1 saturated carbocycles. The molecule has 3 rings (SSSR count). The van der Waals surface area contributed by atoms with Gasteiger partial charge in [0.25, 0.3) is 5.91 Å². The second-order valence-electron chi connectivity index (χ2n) is 5.53. The first kappa shape index (κ1) is 14.2. The van der Waals surface area contributed by atoms with Crippen molar-refractivity contribution in [3.05, 3.63) is 45.9 Å². The number of hydrogen-bond acceptors (Lipinski definition) is 4. The standard InChI is InChI=1S/C16H19N3OS/c1-11(12-7-3-2-4-8-12)17-14(20)16-19-18-15(21-16)13-9-5-6-10-13/h2-4,7-8,11,13H,5-6,9-10H2,1H3,(H,17,20)/t11-/m0/s1. The highest BCUT2D eigenvalue weighted by atomic mass is 32.1. The van der Waals surface area contributed by atoms with Crippen LogP contribution in [0.15, 0.2) is 30.3 Å². The maximum atomic E-state index is 12.3. The summed E-state index contributed by atoms with van der Waals surface area (Å²) in [5.41, 5.74) is 1.09. The average Bonchev–Trinajstić information content (AvgIpc) is 3.19. The number of hydrogen-bond donors (Lipinski definition) is 1. The molecular weight excluding hydrogens is 282 g/mol. The molecule has 1 aliphatic rings. The SMILES string of the molecule is C[C@H](NC(=O)c1nnc(C2CCCC2)s1)c1ccccc1. The van der Waals surface area contributed by atoms with Gasteiger partial charge in [0.05, 0.1) is 6.04 Å². The van der Waals surface area contributed by atoms with Gasteiger partial charge in [-0.05, 0) is 25.3 Å². The molecule has 110 valence electrons. The zero-order valence-electron chi connectivity index (χ0n) is 12.1. The lowest BCUT2D eigenvalue weighted by Gasteiger charge is -2.12. The molecular formula is C16H19N3OS. The molecule has 1 atom stereocenters. The van der Waals surface area contributed by atoms with Gasteiger partial charge in [-0.3, -0.25) is 4.79 Å². The van der Waals surface area contributed by atoms with Crippen molar-refractivity contribution in [2.45, 2.75) is 44.6 Å². The van der Waals surface area contributed by atoms with E-state index >= 15 is 0 Å². The summed E-state index contributed by atoms with van der Waals surface area (Å²) in [6.07, 6.45) is 4.88.